The number of allylic oxidation sites excluding steroid dienone is 3. The molecule has 0 unspecified atom stereocenters. The smallest absolute Gasteiger partial charge is 0.244 e. The molecule has 0 aliphatic rings. The number of aliphatic hydroxyl groups excluding tert-OH is 1. The van der Waals surface area contributed by atoms with E-state index in [2.05, 4.69) is 5.32 Å². The zero-order valence-electron chi connectivity index (χ0n) is 7.45. The van der Waals surface area contributed by atoms with Crippen molar-refractivity contribution in [1.82, 2.24) is 5.32 Å². The minimum atomic E-state index is -0.496. The van der Waals surface area contributed by atoms with Crippen molar-refractivity contribution in [3.05, 3.63) is 24.3 Å². The lowest BCUT2D eigenvalue weighted by molar-refractivity contribution is -0.116. The van der Waals surface area contributed by atoms with Crippen LogP contribution in [-0.2, 0) is 4.79 Å². The van der Waals surface area contributed by atoms with Gasteiger partial charge in [-0.1, -0.05) is 18.2 Å². The van der Waals surface area contributed by atoms with Crippen LogP contribution in [0.3, 0.4) is 0 Å². The Morgan fingerprint density at radius 1 is 1.58 bits per heavy atom. The van der Waals surface area contributed by atoms with Crippen LogP contribution in [0.2, 0.25) is 0 Å². The van der Waals surface area contributed by atoms with Crippen LogP contribution in [0.4, 0.5) is 0 Å². The topological polar surface area (TPSA) is 49.3 Å². The van der Waals surface area contributed by atoms with E-state index in [1.54, 1.807) is 19.1 Å². The summed E-state index contributed by atoms with van der Waals surface area (Å²) in [5, 5.41) is 11.4. The highest BCUT2D eigenvalue weighted by atomic mass is 16.3. The summed E-state index contributed by atoms with van der Waals surface area (Å²) in [7, 11) is 0. The van der Waals surface area contributed by atoms with Gasteiger partial charge < -0.3 is 10.4 Å². The van der Waals surface area contributed by atoms with Gasteiger partial charge in [0.05, 0.1) is 6.10 Å². The van der Waals surface area contributed by atoms with Gasteiger partial charge in [-0.25, -0.2) is 0 Å². The maximum absolute atomic E-state index is 10.9. The average molecular weight is 169 g/mol. The summed E-state index contributed by atoms with van der Waals surface area (Å²) in [6.45, 7) is 3.78. The van der Waals surface area contributed by atoms with Crippen LogP contribution in [-0.4, -0.2) is 23.7 Å². The molecule has 0 radical (unpaired) electrons. The molecule has 0 aromatic heterocycles. The van der Waals surface area contributed by atoms with E-state index < -0.39 is 6.10 Å². The van der Waals surface area contributed by atoms with Gasteiger partial charge in [-0.15, -0.1) is 0 Å². The van der Waals surface area contributed by atoms with Crippen LogP contribution < -0.4 is 5.32 Å². The van der Waals surface area contributed by atoms with E-state index in [-0.39, 0.29) is 5.91 Å². The zero-order valence-corrected chi connectivity index (χ0v) is 7.45. The Labute approximate surface area is 72.8 Å². The lowest BCUT2D eigenvalue weighted by Crippen LogP contribution is -2.28. The third-order valence-corrected chi connectivity index (χ3v) is 1.12. The summed E-state index contributed by atoms with van der Waals surface area (Å²) in [5.74, 6) is -0.186. The molecule has 0 fully saturated rings. The molecule has 0 aliphatic carbocycles. The summed E-state index contributed by atoms with van der Waals surface area (Å²) < 4.78 is 0. The Morgan fingerprint density at radius 3 is 2.75 bits per heavy atom. The van der Waals surface area contributed by atoms with Gasteiger partial charge in [0.2, 0.25) is 5.91 Å². The van der Waals surface area contributed by atoms with Crippen LogP contribution in [0.15, 0.2) is 24.3 Å². The molecule has 2 N–H and O–H groups in total. The summed E-state index contributed by atoms with van der Waals surface area (Å²) in [6.07, 6.45) is 6.17. The van der Waals surface area contributed by atoms with E-state index in [1.807, 2.05) is 13.0 Å². The highest BCUT2D eigenvalue weighted by Gasteiger charge is 1.96. The van der Waals surface area contributed by atoms with E-state index in [0.29, 0.717) is 6.54 Å². The Balaban J connectivity index is 3.59. The number of carbonyl (C=O) groups is 1. The maximum Gasteiger partial charge on any atom is 0.244 e. The Hall–Kier alpha value is -1.09. The molecule has 0 saturated heterocycles. The largest absolute Gasteiger partial charge is 0.392 e. The monoisotopic (exact) mass is 169 g/mol. The lowest BCUT2D eigenvalue weighted by atomic mass is 10.4. The molecule has 1 atom stereocenters. The van der Waals surface area contributed by atoms with E-state index >= 15 is 0 Å². The van der Waals surface area contributed by atoms with E-state index in [9.17, 15) is 4.79 Å². The minimum absolute atomic E-state index is 0.186. The van der Waals surface area contributed by atoms with Gasteiger partial charge in [-0.05, 0) is 13.8 Å². The molecular formula is C9H15NO2. The van der Waals surface area contributed by atoms with E-state index in [1.165, 1.54) is 6.08 Å². The molecular weight excluding hydrogens is 154 g/mol. The normalized spacial score (nSPS) is 13.9. The molecule has 0 aliphatic heterocycles. The van der Waals surface area contributed by atoms with Crippen LogP contribution in [0.25, 0.3) is 0 Å². The second kappa shape index (κ2) is 6.61. The summed E-state index contributed by atoms with van der Waals surface area (Å²) >= 11 is 0. The first-order chi connectivity index (χ1) is 5.66. The fourth-order valence-electron chi connectivity index (χ4n) is 0.561. The number of aliphatic hydroxyl groups is 1. The molecule has 1 amide bonds. The number of nitrogens with one attached hydrogen (secondary N) is 1. The van der Waals surface area contributed by atoms with Gasteiger partial charge in [0.15, 0.2) is 0 Å². The fraction of sp³-hybridized carbons (Fsp3) is 0.444. The van der Waals surface area contributed by atoms with Crippen molar-refractivity contribution >= 4 is 5.91 Å². The molecule has 0 rings (SSSR count). The van der Waals surface area contributed by atoms with Crippen LogP contribution >= 0.6 is 0 Å². The van der Waals surface area contributed by atoms with E-state index in [4.69, 9.17) is 5.11 Å². The van der Waals surface area contributed by atoms with Crippen LogP contribution in [0.1, 0.15) is 13.8 Å². The molecule has 0 bridgehead atoms. The van der Waals surface area contributed by atoms with Gasteiger partial charge in [0.1, 0.15) is 0 Å². The number of hydrogen-bond donors (Lipinski definition) is 2. The molecule has 3 nitrogen and oxygen atoms in total. The van der Waals surface area contributed by atoms with E-state index in [0.717, 1.165) is 0 Å². The zero-order chi connectivity index (χ0) is 9.40. The first-order valence-corrected chi connectivity index (χ1v) is 3.92. The molecule has 68 valence electrons. The standard InChI is InChI=1S/C9H15NO2/c1-3-4-5-6-9(12)10-7-8(2)11/h3-6,8,11H,7H2,1-2H3,(H,10,12)/b4-3+,6-5?/t8-/m1/s1. The van der Waals surface area contributed by atoms with Crippen molar-refractivity contribution in [2.75, 3.05) is 6.54 Å². The average Bonchev–Trinajstić information content (AvgIpc) is 2.01. The summed E-state index contributed by atoms with van der Waals surface area (Å²) in [4.78, 5) is 10.9. The number of carbonyl (C=O) groups excluding carboxylic acids is 1. The van der Waals surface area contributed by atoms with Gasteiger partial charge >= 0.3 is 0 Å². The SMILES string of the molecule is C/C=C/C=CC(=O)NC[C@@H](C)O. The van der Waals surface area contributed by atoms with Crippen LogP contribution in [0.5, 0.6) is 0 Å². The maximum atomic E-state index is 10.9. The van der Waals surface area contributed by atoms with Gasteiger partial charge in [-0.2, -0.15) is 0 Å². The molecule has 0 aromatic rings. The minimum Gasteiger partial charge on any atom is -0.392 e. The summed E-state index contributed by atoms with van der Waals surface area (Å²) in [5.41, 5.74) is 0. The summed E-state index contributed by atoms with van der Waals surface area (Å²) in [6, 6.07) is 0. The van der Waals surface area contributed by atoms with Crippen molar-refractivity contribution < 1.29 is 9.90 Å². The molecule has 0 spiro atoms. The molecule has 0 aromatic carbocycles. The third-order valence-electron chi connectivity index (χ3n) is 1.12. The third kappa shape index (κ3) is 7.02. The quantitative estimate of drug-likeness (QED) is 0.478. The van der Waals surface area contributed by atoms with Crippen molar-refractivity contribution in [3.63, 3.8) is 0 Å². The first-order valence-electron chi connectivity index (χ1n) is 3.92. The highest BCUT2D eigenvalue weighted by molar-refractivity contribution is 5.87. The fourth-order valence-corrected chi connectivity index (χ4v) is 0.561. The van der Waals surface area contributed by atoms with Gasteiger partial charge in [0.25, 0.3) is 0 Å². The van der Waals surface area contributed by atoms with Crippen molar-refractivity contribution in [2.45, 2.75) is 20.0 Å². The lowest BCUT2D eigenvalue weighted by Gasteiger charge is -2.03. The Morgan fingerprint density at radius 2 is 2.25 bits per heavy atom. The molecule has 0 saturated carbocycles. The van der Waals surface area contributed by atoms with Gasteiger partial charge in [0, 0.05) is 12.6 Å². The predicted octanol–water partition coefficient (Wildman–Crippen LogP) is 0.616. The number of amides is 1. The molecule has 3 heteroatoms. The van der Waals surface area contributed by atoms with Crippen molar-refractivity contribution in [1.29, 1.82) is 0 Å². The number of rotatable bonds is 4. The molecule has 0 heterocycles. The number of hydrogen-bond acceptors (Lipinski definition) is 2. The second-order valence-corrected chi connectivity index (χ2v) is 2.48. The Bertz CT molecular complexity index is 183. The Kier molecular flexibility index (Phi) is 6.01. The second-order valence-electron chi connectivity index (χ2n) is 2.48. The first kappa shape index (κ1) is 10.9. The predicted molar refractivity (Wildman–Crippen MR) is 48.6 cm³/mol. The van der Waals surface area contributed by atoms with Crippen molar-refractivity contribution in [2.24, 2.45) is 0 Å². The van der Waals surface area contributed by atoms with Gasteiger partial charge in [-0.3, -0.25) is 4.79 Å². The highest BCUT2D eigenvalue weighted by Crippen LogP contribution is 1.79. The molecule has 12 heavy (non-hydrogen) atoms. The van der Waals surface area contributed by atoms with Crippen LogP contribution in [0, 0.1) is 0 Å². The van der Waals surface area contributed by atoms with Crippen molar-refractivity contribution in [3.8, 4) is 0 Å².